The number of carbonyl (C=O) groups excluding carboxylic acids is 1. The Kier molecular flexibility index (Phi) is 5.24. The van der Waals surface area contributed by atoms with E-state index in [9.17, 15) is 4.79 Å². The molecule has 1 amide bonds. The van der Waals surface area contributed by atoms with Gasteiger partial charge in [-0.25, -0.2) is 9.36 Å². The van der Waals surface area contributed by atoms with Crippen molar-refractivity contribution in [1.29, 1.82) is 0 Å². The zero-order valence-electron chi connectivity index (χ0n) is 15.0. The van der Waals surface area contributed by atoms with Crippen LogP contribution in [0.5, 0.6) is 0 Å². The molecule has 0 spiro atoms. The molecule has 8 heteroatoms. The number of hydrogen-bond donors (Lipinski definition) is 1. The molecule has 1 aromatic carbocycles. The summed E-state index contributed by atoms with van der Waals surface area (Å²) in [7, 11) is 0. The Morgan fingerprint density at radius 1 is 1.26 bits per heavy atom. The summed E-state index contributed by atoms with van der Waals surface area (Å²) in [5, 5.41) is 15.2. The Labute approximate surface area is 157 Å². The topological polar surface area (TPSA) is 86.9 Å². The number of carbonyl (C=O) groups is 1. The summed E-state index contributed by atoms with van der Waals surface area (Å²) in [5.41, 5.74) is 2.39. The van der Waals surface area contributed by atoms with E-state index in [4.69, 9.17) is 4.74 Å². The summed E-state index contributed by atoms with van der Waals surface area (Å²) >= 11 is 0. The standard InChI is InChI=1S/C19H22N6O2/c26-19(18-14-24(23-22-18)13-17-7-4-10-27-17)20-9-8-15-11-21-25(12-15)16-5-2-1-3-6-16/h1-3,5-6,11-12,14,17H,4,7-10,13H2,(H,20,26)/t17-/m1/s1. The number of hydrogen-bond acceptors (Lipinski definition) is 5. The molecule has 1 saturated heterocycles. The van der Waals surface area contributed by atoms with Crippen LogP contribution in [0.3, 0.4) is 0 Å². The first-order chi connectivity index (χ1) is 13.3. The van der Waals surface area contributed by atoms with Gasteiger partial charge in [0.05, 0.1) is 30.7 Å². The lowest BCUT2D eigenvalue weighted by atomic mass is 10.2. The van der Waals surface area contributed by atoms with Crippen molar-refractivity contribution in [1.82, 2.24) is 30.1 Å². The van der Waals surface area contributed by atoms with Crippen LogP contribution in [-0.2, 0) is 17.7 Å². The molecule has 0 radical (unpaired) electrons. The van der Waals surface area contributed by atoms with Crippen LogP contribution in [0.2, 0.25) is 0 Å². The summed E-state index contributed by atoms with van der Waals surface area (Å²) in [6.07, 6.45) is 8.43. The van der Waals surface area contributed by atoms with Crippen LogP contribution in [0.1, 0.15) is 28.9 Å². The van der Waals surface area contributed by atoms with E-state index in [-0.39, 0.29) is 12.0 Å². The molecule has 140 valence electrons. The van der Waals surface area contributed by atoms with Gasteiger partial charge in [0.1, 0.15) is 0 Å². The first-order valence-corrected chi connectivity index (χ1v) is 9.17. The minimum atomic E-state index is -0.218. The predicted molar refractivity (Wildman–Crippen MR) is 98.6 cm³/mol. The van der Waals surface area contributed by atoms with Gasteiger partial charge in [-0.05, 0) is 37.0 Å². The second-order valence-electron chi connectivity index (χ2n) is 6.60. The van der Waals surface area contributed by atoms with E-state index >= 15 is 0 Å². The molecule has 0 bridgehead atoms. The number of aromatic nitrogens is 5. The van der Waals surface area contributed by atoms with Gasteiger partial charge in [-0.15, -0.1) is 5.10 Å². The molecule has 0 saturated carbocycles. The molecule has 1 aliphatic heterocycles. The van der Waals surface area contributed by atoms with Crippen molar-refractivity contribution in [3.05, 3.63) is 60.2 Å². The second kappa shape index (κ2) is 8.13. The maximum atomic E-state index is 12.2. The van der Waals surface area contributed by atoms with Gasteiger partial charge in [0.15, 0.2) is 5.69 Å². The minimum Gasteiger partial charge on any atom is -0.376 e. The van der Waals surface area contributed by atoms with Crippen molar-refractivity contribution in [3.8, 4) is 5.69 Å². The molecule has 4 rings (SSSR count). The number of amides is 1. The normalized spacial score (nSPS) is 16.5. The van der Waals surface area contributed by atoms with Crippen LogP contribution in [0.15, 0.2) is 48.9 Å². The van der Waals surface area contributed by atoms with Crippen molar-refractivity contribution >= 4 is 5.91 Å². The summed E-state index contributed by atoms with van der Waals surface area (Å²) < 4.78 is 9.08. The van der Waals surface area contributed by atoms with E-state index in [1.54, 1.807) is 10.9 Å². The van der Waals surface area contributed by atoms with Crippen molar-refractivity contribution in [2.75, 3.05) is 13.2 Å². The molecular weight excluding hydrogens is 344 g/mol. The Morgan fingerprint density at radius 2 is 2.15 bits per heavy atom. The van der Waals surface area contributed by atoms with Gasteiger partial charge in [-0.3, -0.25) is 4.79 Å². The summed E-state index contributed by atoms with van der Waals surface area (Å²) in [6.45, 7) is 1.95. The molecule has 1 aliphatic rings. The molecule has 0 unspecified atom stereocenters. The van der Waals surface area contributed by atoms with Gasteiger partial charge in [0.2, 0.25) is 0 Å². The van der Waals surface area contributed by atoms with Gasteiger partial charge in [-0.2, -0.15) is 5.10 Å². The molecule has 3 heterocycles. The molecular formula is C19H22N6O2. The average molecular weight is 366 g/mol. The summed E-state index contributed by atoms with van der Waals surface area (Å²) in [5.74, 6) is -0.218. The van der Waals surface area contributed by atoms with Crippen LogP contribution < -0.4 is 5.32 Å². The minimum absolute atomic E-state index is 0.170. The van der Waals surface area contributed by atoms with Crippen molar-refractivity contribution in [2.24, 2.45) is 0 Å². The Bertz CT molecular complexity index is 883. The van der Waals surface area contributed by atoms with Crippen LogP contribution in [0, 0.1) is 0 Å². The van der Waals surface area contributed by atoms with Gasteiger partial charge in [0, 0.05) is 19.3 Å². The van der Waals surface area contributed by atoms with E-state index in [1.807, 2.05) is 47.4 Å². The first-order valence-electron chi connectivity index (χ1n) is 9.17. The highest BCUT2D eigenvalue weighted by Crippen LogP contribution is 2.13. The highest BCUT2D eigenvalue weighted by atomic mass is 16.5. The SMILES string of the molecule is O=C(NCCc1cnn(-c2ccccc2)c1)c1cn(C[C@H]2CCCO2)nn1. The zero-order valence-corrected chi connectivity index (χ0v) is 15.0. The molecule has 2 aromatic heterocycles. The molecule has 1 fully saturated rings. The van der Waals surface area contributed by atoms with Crippen LogP contribution in [0.25, 0.3) is 5.69 Å². The smallest absolute Gasteiger partial charge is 0.273 e. The van der Waals surface area contributed by atoms with Crippen LogP contribution in [0.4, 0.5) is 0 Å². The lowest BCUT2D eigenvalue weighted by molar-refractivity contribution is 0.0930. The lowest BCUT2D eigenvalue weighted by Gasteiger charge is -2.07. The third-order valence-electron chi connectivity index (χ3n) is 4.54. The van der Waals surface area contributed by atoms with E-state index in [2.05, 4.69) is 20.7 Å². The van der Waals surface area contributed by atoms with Crippen molar-refractivity contribution < 1.29 is 9.53 Å². The Balaban J connectivity index is 1.26. The first kappa shape index (κ1) is 17.4. The molecule has 3 aromatic rings. The number of nitrogens with zero attached hydrogens (tertiary/aromatic N) is 5. The largest absolute Gasteiger partial charge is 0.376 e. The molecule has 1 N–H and O–H groups in total. The summed E-state index contributed by atoms with van der Waals surface area (Å²) in [4.78, 5) is 12.2. The third kappa shape index (κ3) is 4.40. The number of benzene rings is 1. The van der Waals surface area contributed by atoms with Crippen molar-refractivity contribution in [3.63, 3.8) is 0 Å². The molecule has 0 aliphatic carbocycles. The van der Waals surface area contributed by atoms with Gasteiger partial charge >= 0.3 is 0 Å². The van der Waals surface area contributed by atoms with E-state index in [0.717, 1.165) is 30.7 Å². The third-order valence-corrected chi connectivity index (χ3v) is 4.54. The quantitative estimate of drug-likeness (QED) is 0.687. The maximum absolute atomic E-state index is 12.2. The predicted octanol–water partition coefficient (Wildman–Crippen LogP) is 1.62. The fourth-order valence-corrected chi connectivity index (χ4v) is 3.11. The number of para-hydroxylation sites is 1. The number of rotatable bonds is 7. The fraction of sp³-hybridized carbons (Fsp3) is 0.368. The van der Waals surface area contributed by atoms with Gasteiger partial charge in [-0.1, -0.05) is 23.4 Å². The average Bonchev–Trinajstić information content (AvgIpc) is 3.45. The number of nitrogens with one attached hydrogen (secondary N) is 1. The highest BCUT2D eigenvalue weighted by Gasteiger charge is 2.18. The maximum Gasteiger partial charge on any atom is 0.273 e. The molecule has 1 atom stereocenters. The Hall–Kier alpha value is -3.00. The monoisotopic (exact) mass is 366 g/mol. The number of ether oxygens (including phenoxy) is 1. The fourth-order valence-electron chi connectivity index (χ4n) is 3.11. The van der Waals surface area contributed by atoms with Crippen LogP contribution in [-0.4, -0.2) is 49.9 Å². The summed E-state index contributed by atoms with van der Waals surface area (Å²) in [6, 6.07) is 9.92. The van der Waals surface area contributed by atoms with E-state index < -0.39 is 0 Å². The van der Waals surface area contributed by atoms with Gasteiger partial charge < -0.3 is 10.1 Å². The lowest BCUT2D eigenvalue weighted by Crippen LogP contribution is -2.26. The zero-order chi connectivity index (χ0) is 18.5. The second-order valence-corrected chi connectivity index (χ2v) is 6.60. The van der Waals surface area contributed by atoms with E-state index in [0.29, 0.717) is 25.2 Å². The van der Waals surface area contributed by atoms with E-state index in [1.165, 1.54) is 0 Å². The highest BCUT2D eigenvalue weighted by molar-refractivity contribution is 5.91. The van der Waals surface area contributed by atoms with Crippen molar-refractivity contribution in [2.45, 2.75) is 31.9 Å². The Morgan fingerprint density at radius 3 is 2.96 bits per heavy atom. The van der Waals surface area contributed by atoms with Gasteiger partial charge in [0.25, 0.3) is 5.91 Å². The van der Waals surface area contributed by atoms with Crippen LogP contribution >= 0.6 is 0 Å². The molecule has 8 nitrogen and oxygen atoms in total. The molecule has 27 heavy (non-hydrogen) atoms.